The van der Waals surface area contributed by atoms with E-state index in [4.69, 9.17) is 0 Å². The molecule has 0 saturated carbocycles. The lowest BCUT2D eigenvalue weighted by atomic mass is 9.96. The van der Waals surface area contributed by atoms with Gasteiger partial charge < -0.3 is 0 Å². The molecule has 0 bridgehead atoms. The zero-order valence-electron chi connectivity index (χ0n) is 14.5. The van der Waals surface area contributed by atoms with Gasteiger partial charge in [0.25, 0.3) is 0 Å². The highest BCUT2D eigenvalue weighted by atomic mass is 14.1. The van der Waals surface area contributed by atoms with Crippen LogP contribution in [0.3, 0.4) is 0 Å². The quantitative estimate of drug-likeness (QED) is 0.426. The van der Waals surface area contributed by atoms with Gasteiger partial charge in [0, 0.05) is 5.92 Å². The molecule has 0 radical (unpaired) electrons. The van der Waals surface area contributed by atoms with Crippen molar-refractivity contribution in [2.45, 2.75) is 18.8 Å². The van der Waals surface area contributed by atoms with E-state index in [-0.39, 0.29) is 0 Å². The Kier molecular flexibility index (Phi) is 6.41. The molecule has 0 aliphatic rings. The molecule has 25 heavy (non-hydrogen) atoms. The predicted octanol–water partition coefficient (Wildman–Crippen LogP) is 6.67. The third-order valence-corrected chi connectivity index (χ3v) is 4.27. The highest BCUT2D eigenvalue weighted by molar-refractivity contribution is 5.51. The van der Waals surface area contributed by atoms with Gasteiger partial charge in [0.15, 0.2) is 0 Å². The molecule has 0 heterocycles. The van der Waals surface area contributed by atoms with E-state index in [1.54, 1.807) is 0 Å². The normalized spacial score (nSPS) is 12.6. The minimum Gasteiger partial charge on any atom is -0.0873 e. The summed E-state index contributed by atoms with van der Waals surface area (Å²) in [4.78, 5) is 0. The van der Waals surface area contributed by atoms with E-state index in [1.807, 2.05) is 0 Å². The summed E-state index contributed by atoms with van der Waals surface area (Å²) < 4.78 is 0. The second-order valence-corrected chi connectivity index (χ2v) is 6.16. The fourth-order valence-corrected chi connectivity index (χ4v) is 2.88. The van der Waals surface area contributed by atoms with E-state index in [0.717, 1.165) is 12.8 Å². The molecule has 0 saturated heterocycles. The van der Waals surface area contributed by atoms with Gasteiger partial charge in [-0.3, -0.25) is 0 Å². The van der Waals surface area contributed by atoms with Gasteiger partial charge in [0.05, 0.1) is 0 Å². The molecule has 0 aliphatic carbocycles. The van der Waals surface area contributed by atoms with Crippen LogP contribution >= 0.6 is 0 Å². The summed E-state index contributed by atoms with van der Waals surface area (Å²) in [5.41, 5.74) is 3.95. The summed E-state index contributed by atoms with van der Waals surface area (Å²) in [7, 11) is 0. The highest BCUT2D eigenvalue weighted by Crippen LogP contribution is 2.20. The fourth-order valence-electron chi connectivity index (χ4n) is 2.88. The van der Waals surface area contributed by atoms with Crippen LogP contribution in [0.4, 0.5) is 0 Å². The maximum atomic E-state index is 2.32. The molecule has 0 spiro atoms. The lowest BCUT2D eigenvalue weighted by Gasteiger charge is -2.08. The molecule has 0 N–H and O–H groups in total. The van der Waals surface area contributed by atoms with Gasteiger partial charge in [0.2, 0.25) is 0 Å². The van der Waals surface area contributed by atoms with E-state index in [0.29, 0.717) is 5.92 Å². The summed E-state index contributed by atoms with van der Waals surface area (Å²) in [6.45, 7) is 0. The van der Waals surface area contributed by atoms with Crippen LogP contribution in [0.5, 0.6) is 0 Å². The third-order valence-electron chi connectivity index (χ3n) is 4.27. The highest BCUT2D eigenvalue weighted by Gasteiger charge is 2.03. The van der Waals surface area contributed by atoms with Gasteiger partial charge in [-0.1, -0.05) is 115 Å². The van der Waals surface area contributed by atoms with Crippen LogP contribution in [-0.2, 0) is 6.42 Å². The minimum absolute atomic E-state index is 0.303. The number of hydrogen-bond acceptors (Lipinski definition) is 0. The zero-order chi connectivity index (χ0) is 17.2. The molecule has 3 aromatic rings. The van der Waals surface area contributed by atoms with E-state index in [9.17, 15) is 0 Å². The van der Waals surface area contributed by atoms with Crippen LogP contribution in [0.25, 0.3) is 6.08 Å². The molecule has 0 aromatic heterocycles. The maximum Gasteiger partial charge on any atom is 0.0202 e. The summed E-state index contributed by atoms with van der Waals surface area (Å²) in [6.07, 6.45) is 11.3. The van der Waals surface area contributed by atoms with Gasteiger partial charge >= 0.3 is 0 Å². The van der Waals surface area contributed by atoms with Gasteiger partial charge in [0.1, 0.15) is 0 Å². The average molecular weight is 324 g/mol. The Morgan fingerprint density at radius 2 is 1.24 bits per heavy atom. The summed E-state index contributed by atoms with van der Waals surface area (Å²) in [5.74, 6) is 0.303. The van der Waals surface area contributed by atoms with E-state index in [2.05, 4.69) is 115 Å². The maximum absolute atomic E-state index is 2.32. The smallest absolute Gasteiger partial charge is 0.0202 e. The first kappa shape index (κ1) is 17.0. The number of benzene rings is 3. The van der Waals surface area contributed by atoms with Crippen molar-refractivity contribution >= 4 is 6.08 Å². The molecular formula is C25H24. The van der Waals surface area contributed by atoms with Gasteiger partial charge in [-0.05, 0) is 29.5 Å². The van der Waals surface area contributed by atoms with E-state index in [1.165, 1.54) is 16.7 Å². The van der Waals surface area contributed by atoms with Crippen molar-refractivity contribution in [1.29, 1.82) is 0 Å². The second kappa shape index (κ2) is 9.44. The largest absolute Gasteiger partial charge is 0.0873 e. The molecule has 0 aliphatic heterocycles. The Balaban J connectivity index is 1.68. The third kappa shape index (κ3) is 5.61. The molecule has 1 atom stereocenters. The molecule has 0 fully saturated rings. The Hall–Kier alpha value is -2.86. The van der Waals surface area contributed by atoms with Gasteiger partial charge in [-0.15, -0.1) is 0 Å². The summed E-state index contributed by atoms with van der Waals surface area (Å²) >= 11 is 0. The Morgan fingerprint density at radius 3 is 1.92 bits per heavy atom. The van der Waals surface area contributed by atoms with Gasteiger partial charge in [-0.2, -0.15) is 0 Å². The van der Waals surface area contributed by atoms with Crippen molar-refractivity contribution in [2.24, 2.45) is 0 Å². The van der Waals surface area contributed by atoms with Crippen molar-refractivity contribution < 1.29 is 0 Å². The van der Waals surface area contributed by atoms with E-state index >= 15 is 0 Å². The van der Waals surface area contributed by atoms with Crippen LogP contribution in [-0.4, -0.2) is 0 Å². The molecule has 0 nitrogen and oxygen atoms in total. The zero-order valence-corrected chi connectivity index (χ0v) is 14.5. The van der Waals surface area contributed by atoms with Crippen LogP contribution in [0.15, 0.2) is 109 Å². The molecule has 0 heteroatoms. The van der Waals surface area contributed by atoms with Crippen molar-refractivity contribution in [3.05, 3.63) is 126 Å². The monoisotopic (exact) mass is 324 g/mol. The van der Waals surface area contributed by atoms with Crippen LogP contribution in [0.1, 0.15) is 29.0 Å². The first-order chi connectivity index (χ1) is 12.4. The topological polar surface area (TPSA) is 0 Å². The second-order valence-electron chi connectivity index (χ2n) is 6.16. The summed E-state index contributed by atoms with van der Waals surface area (Å²) in [5, 5.41) is 0. The molecule has 0 amide bonds. The molecule has 124 valence electrons. The number of allylic oxidation sites excluding steroid dienone is 3. The van der Waals surface area contributed by atoms with E-state index < -0.39 is 0 Å². The van der Waals surface area contributed by atoms with Crippen LogP contribution in [0.2, 0.25) is 0 Å². The fraction of sp³-hybridized carbons (Fsp3) is 0.120. The standard InChI is InChI=1S/C25H24/c1-4-12-22(13-5-1)16-10-11-19-25(24-17-8-3-9-18-24)21-20-23-14-6-2-7-15-23/h1-9,11-15,17-21,25H,10,16H2/b19-11+,21-20+. The van der Waals surface area contributed by atoms with Crippen LogP contribution < -0.4 is 0 Å². The molecule has 3 rings (SSSR count). The Labute approximate surface area is 151 Å². The summed E-state index contributed by atoms with van der Waals surface area (Å²) in [6, 6.07) is 31.8. The number of rotatable bonds is 7. The average Bonchev–Trinajstić information content (AvgIpc) is 2.70. The molecular weight excluding hydrogens is 300 g/mol. The van der Waals surface area contributed by atoms with Crippen LogP contribution in [0, 0.1) is 0 Å². The Morgan fingerprint density at radius 1 is 0.640 bits per heavy atom. The first-order valence-corrected chi connectivity index (χ1v) is 8.90. The predicted molar refractivity (Wildman–Crippen MR) is 109 cm³/mol. The lowest BCUT2D eigenvalue weighted by Crippen LogP contribution is -1.91. The Bertz CT molecular complexity index is 783. The number of hydrogen-bond donors (Lipinski definition) is 0. The van der Waals surface area contributed by atoms with Gasteiger partial charge in [-0.25, -0.2) is 0 Å². The SMILES string of the molecule is C(=C\C(/C=C/c1ccccc1)c1ccccc1)/CCc1ccccc1. The lowest BCUT2D eigenvalue weighted by molar-refractivity contribution is 0.980. The number of aryl methyl sites for hydroxylation is 1. The van der Waals surface area contributed by atoms with Crippen molar-refractivity contribution in [3.63, 3.8) is 0 Å². The van der Waals surface area contributed by atoms with Crippen molar-refractivity contribution in [3.8, 4) is 0 Å². The minimum atomic E-state index is 0.303. The van der Waals surface area contributed by atoms with Crippen molar-refractivity contribution in [1.82, 2.24) is 0 Å². The first-order valence-electron chi connectivity index (χ1n) is 8.90. The molecule has 3 aromatic carbocycles. The van der Waals surface area contributed by atoms with Crippen molar-refractivity contribution in [2.75, 3.05) is 0 Å². The molecule has 1 unspecified atom stereocenters.